The van der Waals surface area contributed by atoms with Crippen molar-refractivity contribution in [3.8, 4) is 11.8 Å². The largest absolute Gasteiger partial charge is 0.485 e. The summed E-state index contributed by atoms with van der Waals surface area (Å²) in [5.74, 6) is 0.0446. The van der Waals surface area contributed by atoms with Gasteiger partial charge in [0.1, 0.15) is 23.9 Å². The van der Waals surface area contributed by atoms with Crippen molar-refractivity contribution >= 4 is 11.4 Å². The number of Topliss-reactive ketones (excluding diaryl/α,β-unsaturated/α-hetero) is 1. The highest BCUT2D eigenvalue weighted by atomic mass is 19.1. The summed E-state index contributed by atoms with van der Waals surface area (Å²) in [6, 6.07) is 6.98. The standard InChI is InChI=1S/C29H31F2N3O2/c1-17-13-26(36-16-23-24(30)11-10-22(27(23)31)21-8-9-21)29-33-18(2)28(34(29)15-17)25(35)12-7-19-3-5-20(14-32)6-4-19/h10-11,13,15,19-21H,3-9,12,16H2,1-2H3. The van der Waals surface area contributed by atoms with Gasteiger partial charge in [-0.1, -0.05) is 6.07 Å². The number of halogens is 2. The molecule has 188 valence electrons. The molecule has 0 bridgehead atoms. The van der Waals surface area contributed by atoms with Crippen LogP contribution in [-0.4, -0.2) is 15.2 Å². The summed E-state index contributed by atoms with van der Waals surface area (Å²) >= 11 is 0. The Balaban J connectivity index is 1.35. The molecular formula is C29H31F2N3O2. The number of ether oxygens (including phenoxy) is 1. The third-order valence-electron chi connectivity index (χ3n) is 7.68. The van der Waals surface area contributed by atoms with Crippen LogP contribution < -0.4 is 4.74 Å². The van der Waals surface area contributed by atoms with E-state index in [4.69, 9.17) is 10.00 Å². The van der Waals surface area contributed by atoms with Crippen molar-refractivity contribution in [2.45, 2.75) is 77.7 Å². The van der Waals surface area contributed by atoms with Gasteiger partial charge < -0.3 is 4.74 Å². The van der Waals surface area contributed by atoms with E-state index in [1.165, 1.54) is 12.1 Å². The van der Waals surface area contributed by atoms with E-state index in [0.29, 0.717) is 40.7 Å². The van der Waals surface area contributed by atoms with E-state index in [1.807, 2.05) is 13.1 Å². The topological polar surface area (TPSA) is 67.4 Å². The van der Waals surface area contributed by atoms with Gasteiger partial charge in [-0.05, 0) is 93.9 Å². The van der Waals surface area contributed by atoms with Crippen molar-refractivity contribution in [3.05, 3.63) is 64.1 Å². The Kier molecular flexibility index (Phi) is 6.79. The number of ketones is 1. The minimum absolute atomic E-state index is 0.0215. The van der Waals surface area contributed by atoms with E-state index in [9.17, 15) is 13.6 Å². The first-order chi connectivity index (χ1) is 17.4. The molecule has 0 aliphatic heterocycles. The van der Waals surface area contributed by atoms with Crippen LogP contribution in [0.15, 0.2) is 24.4 Å². The van der Waals surface area contributed by atoms with Gasteiger partial charge in [-0.15, -0.1) is 0 Å². The third kappa shape index (κ3) is 4.86. The maximum absolute atomic E-state index is 15.0. The lowest BCUT2D eigenvalue weighted by atomic mass is 9.80. The summed E-state index contributed by atoms with van der Waals surface area (Å²) in [6.07, 6.45) is 8.72. The second-order valence-corrected chi connectivity index (χ2v) is 10.4. The first kappa shape index (κ1) is 24.4. The lowest BCUT2D eigenvalue weighted by Crippen LogP contribution is -2.15. The number of benzene rings is 1. The Morgan fingerprint density at radius 3 is 2.61 bits per heavy atom. The van der Waals surface area contributed by atoms with E-state index in [1.54, 1.807) is 17.4 Å². The number of aromatic nitrogens is 2. The second-order valence-electron chi connectivity index (χ2n) is 10.4. The average Bonchev–Trinajstić information content (AvgIpc) is 3.64. The quantitative estimate of drug-likeness (QED) is 0.319. The van der Waals surface area contributed by atoms with Gasteiger partial charge >= 0.3 is 0 Å². The Hall–Kier alpha value is -3.27. The first-order valence-corrected chi connectivity index (χ1v) is 12.9. The maximum Gasteiger partial charge on any atom is 0.181 e. The molecule has 36 heavy (non-hydrogen) atoms. The molecule has 0 saturated heterocycles. The van der Waals surface area contributed by atoms with Gasteiger partial charge in [-0.25, -0.2) is 13.8 Å². The van der Waals surface area contributed by atoms with Gasteiger partial charge in [0.25, 0.3) is 0 Å². The van der Waals surface area contributed by atoms with Crippen LogP contribution in [0.5, 0.6) is 5.75 Å². The molecule has 5 nitrogen and oxygen atoms in total. The van der Waals surface area contributed by atoms with Crippen molar-refractivity contribution in [2.75, 3.05) is 0 Å². The van der Waals surface area contributed by atoms with Gasteiger partial charge in [0.15, 0.2) is 17.2 Å². The molecule has 2 aliphatic rings. The minimum Gasteiger partial charge on any atom is -0.485 e. The smallest absolute Gasteiger partial charge is 0.181 e. The van der Waals surface area contributed by atoms with Crippen LogP contribution in [0.1, 0.15) is 90.2 Å². The number of pyridine rings is 1. The molecule has 3 aromatic rings. The van der Waals surface area contributed by atoms with E-state index < -0.39 is 11.6 Å². The van der Waals surface area contributed by atoms with Crippen molar-refractivity contribution in [3.63, 3.8) is 0 Å². The molecule has 0 spiro atoms. The fraction of sp³-hybridized carbons (Fsp3) is 0.483. The summed E-state index contributed by atoms with van der Waals surface area (Å²) in [5, 5.41) is 9.10. The predicted octanol–water partition coefficient (Wildman–Crippen LogP) is 6.98. The van der Waals surface area contributed by atoms with Crippen LogP contribution in [0.25, 0.3) is 5.65 Å². The predicted molar refractivity (Wildman–Crippen MR) is 132 cm³/mol. The number of nitrogens with zero attached hydrogens (tertiary/aromatic N) is 3. The average molecular weight is 492 g/mol. The van der Waals surface area contributed by atoms with Crippen molar-refractivity contribution in [1.82, 2.24) is 9.38 Å². The number of carbonyl (C=O) groups is 1. The molecular weight excluding hydrogens is 460 g/mol. The number of rotatable bonds is 8. The number of imidazole rings is 1. The SMILES string of the molecule is Cc1cc(OCc2c(F)ccc(C3CC3)c2F)c2nc(C)c(C(=O)CCC3CCC(C#N)CC3)n2c1. The molecule has 2 fully saturated rings. The minimum atomic E-state index is -0.625. The second kappa shape index (κ2) is 10.0. The van der Waals surface area contributed by atoms with Crippen molar-refractivity contribution < 1.29 is 18.3 Å². The normalized spacial score (nSPS) is 19.9. The molecule has 0 unspecified atom stereocenters. The summed E-state index contributed by atoms with van der Waals surface area (Å²) in [4.78, 5) is 17.8. The molecule has 0 N–H and O–H groups in total. The summed E-state index contributed by atoms with van der Waals surface area (Å²) in [7, 11) is 0. The highest BCUT2D eigenvalue weighted by Crippen LogP contribution is 2.42. The number of carbonyl (C=O) groups excluding carboxylic acids is 1. The van der Waals surface area contributed by atoms with E-state index in [0.717, 1.165) is 50.5 Å². The fourth-order valence-electron chi connectivity index (χ4n) is 5.44. The first-order valence-electron chi connectivity index (χ1n) is 12.9. The number of aryl methyl sites for hydroxylation is 2. The van der Waals surface area contributed by atoms with Crippen LogP contribution in [0.2, 0.25) is 0 Å². The van der Waals surface area contributed by atoms with Gasteiger partial charge in [-0.2, -0.15) is 5.26 Å². The van der Waals surface area contributed by atoms with Gasteiger partial charge in [0.2, 0.25) is 0 Å². The van der Waals surface area contributed by atoms with Crippen LogP contribution in [0, 0.1) is 48.6 Å². The number of fused-ring (bicyclic) bond motifs is 1. The lowest BCUT2D eigenvalue weighted by Gasteiger charge is -2.24. The Labute approximate surface area is 210 Å². The monoisotopic (exact) mass is 491 g/mol. The lowest BCUT2D eigenvalue weighted by molar-refractivity contribution is 0.0962. The highest BCUT2D eigenvalue weighted by Gasteiger charge is 2.29. The summed E-state index contributed by atoms with van der Waals surface area (Å²) in [5.41, 5.74) is 2.93. The van der Waals surface area contributed by atoms with Crippen molar-refractivity contribution in [2.24, 2.45) is 11.8 Å². The van der Waals surface area contributed by atoms with Crippen LogP contribution in [0.4, 0.5) is 8.78 Å². The molecule has 7 heteroatoms. The van der Waals surface area contributed by atoms with Crippen LogP contribution in [0.3, 0.4) is 0 Å². The molecule has 2 heterocycles. The number of hydrogen-bond acceptors (Lipinski definition) is 4. The molecule has 5 rings (SSSR count). The summed E-state index contributed by atoms with van der Waals surface area (Å²) in [6.45, 7) is 3.44. The number of hydrogen-bond donors (Lipinski definition) is 0. The highest BCUT2D eigenvalue weighted by molar-refractivity contribution is 5.96. The fourth-order valence-corrected chi connectivity index (χ4v) is 5.44. The van der Waals surface area contributed by atoms with Crippen LogP contribution in [-0.2, 0) is 6.61 Å². The van der Waals surface area contributed by atoms with Gasteiger partial charge in [-0.3, -0.25) is 9.20 Å². The zero-order valence-corrected chi connectivity index (χ0v) is 20.8. The number of nitriles is 1. The van der Waals surface area contributed by atoms with Crippen LogP contribution >= 0.6 is 0 Å². The zero-order valence-electron chi connectivity index (χ0n) is 20.8. The molecule has 0 amide bonds. The van der Waals surface area contributed by atoms with E-state index in [-0.39, 0.29) is 29.8 Å². The Bertz CT molecular complexity index is 1350. The molecule has 0 radical (unpaired) electrons. The maximum atomic E-state index is 15.0. The molecule has 2 saturated carbocycles. The Morgan fingerprint density at radius 1 is 1.17 bits per heavy atom. The van der Waals surface area contributed by atoms with E-state index in [2.05, 4.69) is 11.1 Å². The molecule has 0 atom stereocenters. The molecule has 1 aromatic carbocycles. The Morgan fingerprint density at radius 2 is 1.92 bits per heavy atom. The van der Waals surface area contributed by atoms with Gasteiger partial charge in [0.05, 0.1) is 17.3 Å². The van der Waals surface area contributed by atoms with Crippen molar-refractivity contribution in [1.29, 1.82) is 5.26 Å². The molecule has 2 aliphatic carbocycles. The van der Waals surface area contributed by atoms with Gasteiger partial charge in [0, 0.05) is 18.5 Å². The third-order valence-corrected chi connectivity index (χ3v) is 7.68. The zero-order chi connectivity index (χ0) is 25.4. The molecule has 2 aromatic heterocycles. The summed E-state index contributed by atoms with van der Waals surface area (Å²) < 4.78 is 37.1. The van der Waals surface area contributed by atoms with E-state index >= 15 is 0 Å².